The normalized spacial score (nSPS) is 15.4. The Balaban J connectivity index is 1.61. The Kier molecular flexibility index (Phi) is 9.66. The van der Waals surface area contributed by atoms with Crippen LogP contribution >= 0.6 is 0 Å². The zero-order valence-electron chi connectivity index (χ0n) is 11.6. The Labute approximate surface area is 107 Å². The molecule has 0 saturated heterocycles. The molecule has 1 rings (SSSR count). The number of unbranched alkanes of at least 4 members (excludes halogenated alkanes) is 1. The van der Waals surface area contributed by atoms with E-state index in [4.69, 9.17) is 0 Å². The number of hydrogen-bond acceptors (Lipinski definition) is 3. The summed E-state index contributed by atoms with van der Waals surface area (Å²) >= 11 is 0. The third-order valence-electron chi connectivity index (χ3n) is 3.22. The summed E-state index contributed by atoms with van der Waals surface area (Å²) in [6, 6.07) is 0. The number of rotatable bonds is 13. The highest BCUT2D eigenvalue weighted by Gasteiger charge is 2.19. The van der Waals surface area contributed by atoms with Gasteiger partial charge in [0.25, 0.3) is 0 Å². The monoisotopic (exact) mass is 241 g/mol. The molecule has 0 radical (unpaired) electrons. The van der Waals surface area contributed by atoms with E-state index >= 15 is 0 Å². The molecule has 0 aromatic carbocycles. The minimum absolute atomic E-state index is 1.01. The molecule has 1 fully saturated rings. The van der Waals surface area contributed by atoms with Crippen LogP contribution < -0.4 is 16.0 Å². The van der Waals surface area contributed by atoms with E-state index < -0.39 is 0 Å². The lowest BCUT2D eigenvalue weighted by atomic mass is 10.3. The van der Waals surface area contributed by atoms with Crippen LogP contribution in [0.15, 0.2) is 0 Å². The highest BCUT2D eigenvalue weighted by molar-refractivity contribution is 4.75. The third kappa shape index (κ3) is 10.7. The van der Waals surface area contributed by atoms with Crippen molar-refractivity contribution in [3.8, 4) is 0 Å². The highest BCUT2D eigenvalue weighted by Crippen LogP contribution is 2.27. The summed E-state index contributed by atoms with van der Waals surface area (Å²) in [6.07, 6.45) is 8.01. The Morgan fingerprint density at radius 1 is 0.765 bits per heavy atom. The van der Waals surface area contributed by atoms with Crippen LogP contribution in [-0.2, 0) is 0 Å². The molecule has 17 heavy (non-hydrogen) atoms. The summed E-state index contributed by atoms with van der Waals surface area (Å²) in [5.74, 6) is 1.01. The molecule has 0 atom stereocenters. The Hall–Kier alpha value is -0.120. The molecule has 102 valence electrons. The molecule has 0 spiro atoms. The highest BCUT2D eigenvalue weighted by atomic mass is 14.9. The summed E-state index contributed by atoms with van der Waals surface area (Å²) in [4.78, 5) is 0. The molecule has 3 N–H and O–H groups in total. The van der Waals surface area contributed by atoms with Crippen LogP contribution in [0.4, 0.5) is 0 Å². The minimum atomic E-state index is 1.01. The van der Waals surface area contributed by atoms with Crippen molar-refractivity contribution in [1.29, 1.82) is 0 Å². The Morgan fingerprint density at radius 3 is 2.00 bits per heavy atom. The van der Waals surface area contributed by atoms with Crippen molar-refractivity contribution in [2.45, 2.75) is 45.4 Å². The first-order chi connectivity index (χ1) is 8.43. The van der Waals surface area contributed by atoms with Gasteiger partial charge in [-0.05, 0) is 83.7 Å². The van der Waals surface area contributed by atoms with E-state index in [0.717, 1.165) is 5.92 Å². The first kappa shape index (κ1) is 14.9. The van der Waals surface area contributed by atoms with Gasteiger partial charge < -0.3 is 16.0 Å². The SMILES string of the molecule is CCCNCCCCNCCCNCC1CC1. The Morgan fingerprint density at radius 2 is 1.35 bits per heavy atom. The molecular formula is C14H31N3. The van der Waals surface area contributed by atoms with Crippen molar-refractivity contribution >= 4 is 0 Å². The van der Waals surface area contributed by atoms with Crippen molar-refractivity contribution in [3.63, 3.8) is 0 Å². The van der Waals surface area contributed by atoms with Crippen LogP contribution in [0.1, 0.15) is 45.4 Å². The lowest BCUT2D eigenvalue weighted by molar-refractivity contribution is 0.552. The maximum absolute atomic E-state index is 3.52. The van der Waals surface area contributed by atoms with Gasteiger partial charge in [-0.25, -0.2) is 0 Å². The second kappa shape index (κ2) is 11.0. The van der Waals surface area contributed by atoms with Gasteiger partial charge in [-0.15, -0.1) is 0 Å². The largest absolute Gasteiger partial charge is 0.317 e. The number of hydrogen-bond donors (Lipinski definition) is 3. The fourth-order valence-electron chi connectivity index (χ4n) is 1.89. The van der Waals surface area contributed by atoms with Crippen LogP contribution in [-0.4, -0.2) is 39.3 Å². The summed E-state index contributed by atoms with van der Waals surface area (Å²) in [6.45, 7) is 9.34. The smallest absolute Gasteiger partial charge is 0.00205 e. The summed E-state index contributed by atoms with van der Waals surface area (Å²) in [5, 5.41) is 10.5. The van der Waals surface area contributed by atoms with Crippen LogP contribution in [0, 0.1) is 5.92 Å². The topological polar surface area (TPSA) is 36.1 Å². The van der Waals surface area contributed by atoms with Gasteiger partial charge in [-0.1, -0.05) is 6.92 Å². The maximum Gasteiger partial charge on any atom is -0.00205 e. The molecular weight excluding hydrogens is 210 g/mol. The standard InChI is InChI=1S/C14H31N3/c1-2-8-15-9-3-4-10-16-11-5-12-17-13-14-6-7-14/h14-17H,2-13H2,1H3. The van der Waals surface area contributed by atoms with E-state index in [-0.39, 0.29) is 0 Å². The zero-order chi connectivity index (χ0) is 12.2. The van der Waals surface area contributed by atoms with Crippen LogP contribution in [0.25, 0.3) is 0 Å². The molecule has 1 saturated carbocycles. The van der Waals surface area contributed by atoms with Crippen LogP contribution in [0.2, 0.25) is 0 Å². The maximum atomic E-state index is 3.52. The van der Waals surface area contributed by atoms with Gasteiger partial charge in [-0.3, -0.25) is 0 Å². The quantitative estimate of drug-likeness (QED) is 0.430. The summed E-state index contributed by atoms with van der Waals surface area (Å²) in [7, 11) is 0. The fourth-order valence-corrected chi connectivity index (χ4v) is 1.89. The van der Waals surface area contributed by atoms with Gasteiger partial charge in [0.2, 0.25) is 0 Å². The van der Waals surface area contributed by atoms with Gasteiger partial charge in [0, 0.05) is 0 Å². The molecule has 0 amide bonds. The molecule has 0 aromatic rings. The second-order valence-electron chi connectivity index (χ2n) is 5.21. The molecule has 1 aliphatic carbocycles. The minimum Gasteiger partial charge on any atom is -0.317 e. The molecule has 0 unspecified atom stereocenters. The average Bonchev–Trinajstić information content (AvgIpc) is 3.15. The Bertz CT molecular complexity index is 158. The van der Waals surface area contributed by atoms with E-state index in [1.807, 2.05) is 0 Å². The number of nitrogens with one attached hydrogen (secondary N) is 3. The molecule has 1 aliphatic rings. The predicted octanol–water partition coefficient (Wildman–Crippen LogP) is 1.75. The van der Waals surface area contributed by atoms with E-state index in [2.05, 4.69) is 22.9 Å². The summed E-state index contributed by atoms with van der Waals surface area (Å²) in [5.41, 5.74) is 0. The van der Waals surface area contributed by atoms with Gasteiger partial charge >= 0.3 is 0 Å². The first-order valence-corrected chi connectivity index (χ1v) is 7.55. The molecule has 0 heterocycles. The summed E-state index contributed by atoms with van der Waals surface area (Å²) < 4.78 is 0. The van der Waals surface area contributed by atoms with Crippen LogP contribution in [0.5, 0.6) is 0 Å². The van der Waals surface area contributed by atoms with Crippen molar-refractivity contribution < 1.29 is 0 Å². The van der Waals surface area contributed by atoms with Gasteiger partial charge in [0.1, 0.15) is 0 Å². The van der Waals surface area contributed by atoms with Crippen LogP contribution in [0.3, 0.4) is 0 Å². The molecule has 3 nitrogen and oxygen atoms in total. The molecule has 3 heteroatoms. The van der Waals surface area contributed by atoms with Gasteiger partial charge in [0.05, 0.1) is 0 Å². The van der Waals surface area contributed by atoms with Gasteiger partial charge in [-0.2, -0.15) is 0 Å². The van der Waals surface area contributed by atoms with E-state index in [1.54, 1.807) is 0 Å². The molecule has 0 aliphatic heterocycles. The van der Waals surface area contributed by atoms with E-state index in [0.29, 0.717) is 0 Å². The molecule has 0 aromatic heterocycles. The van der Waals surface area contributed by atoms with Crippen molar-refractivity contribution in [2.75, 3.05) is 39.3 Å². The fraction of sp³-hybridized carbons (Fsp3) is 1.00. The van der Waals surface area contributed by atoms with E-state index in [1.165, 1.54) is 77.8 Å². The lowest BCUT2D eigenvalue weighted by Crippen LogP contribution is -2.24. The predicted molar refractivity (Wildman–Crippen MR) is 75.5 cm³/mol. The van der Waals surface area contributed by atoms with Crippen molar-refractivity contribution in [1.82, 2.24) is 16.0 Å². The zero-order valence-corrected chi connectivity index (χ0v) is 11.6. The van der Waals surface area contributed by atoms with Crippen molar-refractivity contribution in [3.05, 3.63) is 0 Å². The molecule has 0 bridgehead atoms. The lowest BCUT2D eigenvalue weighted by Gasteiger charge is -2.06. The van der Waals surface area contributed by atoms with E-state index in [9.17, 15) is 0 Å². The van der Waals surface area contributed by atoms with Crippen molar-refractivity contribution in [2.24, 2.45) is 5.92 Å². The average molecular weight is 241 g/mol. The van der Waals surface area contributed by atoms with Gasteiger partial charge in [0.15, 0.2) is 0 Å². The first-order valence-electron chi connectivity index (χ1n) is 7.55. The third-order valence-corrected chi connectivity index (χ3v) is 3.22. The second-order valence-corrected chi connectivity index (χ2v) is 5.21.